The summed E-state index contributed by atoms with van der Waals surface area (Å²) in [7, 11) is 0. The molecule has 6 nitrogen and oxygen atoms in total. The fourth-order valence-corrected chi connectivity index (χ4v) is 4.58. The van der Waals surface area contributed by atoms with E-state index in [2.05, 4.69) is 46.6 Å². The molecule has 0 radical (unpaired) electrons. The molecular weight excluding hydrogens is 348 g/mol. The molecule has 0 saturated carbocycles. The molecule has 5 rings (SSSR count). The summed E-state index contributed by atoms with van der Waals surface area (Å²) in [6, 6.07) is 10.3. The Kier molecular flexibility index (Phi) is 4.14. The van der Waals surface area contributed by atoms with Crippen LogP contribution in [-0.2, 0) is 0 Å². The SMILES string of the molecule is Cc1nc2ccccc2nc1N1CC2CN(c3cc(C(C)C)ncn3)CC2C1. The average molecular weight is 374 g/mol. The van der Waals surface area contributed by atoms with E-state index >= 15 is 0 Å². The van der Waals surface area contributed by atoms with Crippen LogP contribution in [0.15, 0.2) is 36.7 Å². The normalized spacial score (nSPS) is 21.7. The maximum absolute atomic E-state index is 4.92. The highest BCUT2D eigenvalue weighted by atomic mass is 15.3. The van der Waals surface area contributed by atoms with E-state index < -0.39 is 0 Å². The monoisotopic (exact) mass is 374 g/mol. The maximum Gasteiger partial charge on any atom is 0.150 e. The highest BCUT2D eigenvalue weighted by molar-refractivity contribution is 5.76. The van der Waals surface area contributed by atoms with Gasteiger partial charge in [0.25, 0.3) is 0 Å². The molecule has 2 saturated heterocycles. The van der Waals surface area contributed by atoms with Gasteiger partial charge in [0.1, 0.15) is 12.1 Å². The number of aryl methyl sites for hydroxylation is 1. The Hall–Kier alpha value is -2.76. The van der Waals surface area contributed by atoms with Gasteiger partial charge in [-0.2, -0.15) is 0 Å². The number of hydrogen-bond acceptors (Lipinski definition) is 6. The zero-order valence-electron chi connectivity index (χ0n) is 16.7. The zero-order valence-corrected chi connectivity index (χ0v) is 16.7. The minimum Gasteiger partial charge on any atom is -0.356 e. The van der Waals surface area contributed by atoms with Crippen molar-refractivity contribution in [2.24, 2.45) is 11.8 Å². The van der Waals surface area contributed by atoms with Gasteiger partial charge in [0.05, 0.1) is 16.7 Å². The van der Waals surface area contributed by atoms with E-state index in [-0.39, 0.29) is 0 Å². The smallest absolute Gasteiger partial charge is 0.150 e. The number of hydrogen-bond donors (Lipinski definition) is 0. The van der Waals surface area contributed by atoms with Gasteiger partial charge in [0.15, 0.2) is 5.82 Å². The number of anilines is 2. The average Bonchev–Trinajstić information content (AvgIpc) is 3.26. The molecular formula is C22H26N6. The predicted molar refractivity (Wildman–Crippen MR) is 112 cm³/mol. The van der Waals surface area contributed by atoms with Crippen LogP contribution in [0.3, 0.4) is 0 Å². The van der Waals surface area contributed by atoms with Crippen LogP contribution < -0.4 is 9.80 Å². The van der Waals surface area contributed by atoms with Crippen LogP contribution in [0.5, 0.6) is 0 Å². The summed E-state index contributed by atoms with van der Waals surface area (Å²) in [5.74, 6) is 3.83. The van der Waals surface area contributed by atoms with Crippen molar-refractivity contribution in [1.29, 1.82) is 0 Å². The van der Waals surface area contributed by atoms with E-state index in [9.17, 15) is 0 Å². The Balaban J connectivity index is 1.34. The molecule has 2 aliphatic heterocycles. The van der Waals surface area contributed by atoms with Crippen LogP contribution in [0, 0.1) is 18.8 Å². The topological polar surface area (TPSA) is 58.0 Å². The van der Waals surface area contributed by atoms with Gasteiger partial charge in [-0.05, 0) is 25.0 Å². The Bertz CT molecular complexity index is 1000. The van der Waals surface area contributed by atoms with E-state index in [1.807, 2.05) is 24.3 Å². The number of aromatic nitrogens is 4. The van der Waals surface area contributed by atoms with Gasteiger partial charge < -0.3 is 9.80 Å². The molecule has 2 aliphatic rings. The zero-order chi connectivity index (χ0) is 19.3. The third kappa shape index (κ3) is 2.97. The third-order valence-corrected chi connectivity index (χ3v) is 6.09. The maximum atomic E-state index is 4.92. The Morgan fingerprint density at radius 1 is 0.893 bits per heavy atom. The second kappa shape index (κ2) is 6.69. The molecule has 6 heteroatoms. The minimum absolute atomic E-state index is 0.425. The first kappa shape index (κ1) is 17.3. The lowest BCUT2D eigenvalue weighted by Crippen LogP contribution is -2.30. The fraction of sp³-hybridized carbons (Fsp3) is 0.455. The number of para-hydroxylation sites is 2. The first-order chi connectivity index (χ1) is 13.6. The van der Waals surface area contributed by atoms with Gasteiger partial charge in [0.2, 0.25) is 0 Å². The van der Waals surface area contributed by atoms with E-state index in [0.29, 0.717) is 17.8 Å². The summed E-state index contributed by atoms with van der Waals surface area (Å²) in [5.41, 5.74) is 4.08. The lowest BCUT2D eigenvalue weighted by molar-refractivity contribution is 0.533. The van der Waals surface area contributed by atoms with Gasteiger partial charge in [0, 0.05) is 49.8 Å². The van der Waals surface area contributed by atoms with Gasteiger partial charge >= 0.3 is 0 Å². The van der Waals surface area contributed by atoms with E-state index in [1.165, 1.54) is 0 Å². The van der Waals surface area contributed by atoms with Gasteiger partial charge in [-0.3, -0.25) is 0 Å². The molecule has 0 amide bonds. The molecule has 2 fully saturated rings. The lowest BCUT2D eigenvalue weighted by atomic mass is 10.0. The molecule has 0 spiro atoms. The van der Waals surface area contributed by atoms with E-state index in [0.717, 1.165) is 60.2 Å². The molecule has 0 bridgehead atoms. The number of fused-ring (bicyclic) bond motifs is 2. The van der Waals surface area contributed by atoms with Crippen molar-refractivity contribution in [2.75, 3.05) is 36.0 Å². The van der Waals surface area contributed by atoms with Gasteiger partial charge in [-0.15, -0.1) is 0 Å². The summed E-state index contributed by atoms with van der Waals surface area (Å²) < 4.78 is 0. The van der Waals surface area contributed by atoms with Crippen molar-refractivity contribution in [2.45, 2.75) is 26.7 Å². The minimum atomic E-state index is 0.425. The summed E-state index contributed by atoms with van der Waals surface area (Å²) >= 11 is 0. The van der Waals surface area contributed by atoms with Crippen molar-refractivity contribution >= 4 is 22.7 Å². The van der Waals surface area contributed by atoms with Crippen molar-refractivity contribution in [3.63, 3.8) is 0 Å². The largest absolute Gasteiger partial charge is 0.356 e. The summed E-state index contributed by atoms with van der Waals surface area (Å²) in [5, 5.41) is 0. The molecule has 0 aliphatic carbocycles. The fourth-order valence-electron chi connectivity index (χ4n) is 4.58. The first-order valence-corrected chi connectivity index (χ1v) is 10.1. The molecule has 28 heavy (non-hydrogen) atoms. The van der Waals surface area contributed by atoms with Crippen LogP contribution in [-0.4, -0.2) is 46.1 Å². The number of benzene rings is 1. The Labute approximate surface area is 165 Å². The highest BCUT2D eigenvalue weighted by Crippen LogP contribution is 2.36. The van der Waals surface area contributed by atoms with Crippen molar-refractivity contribution in [1.82, 2.24) is 19.9 Å². The Morgan fingerprint density at radius 2 is 1.54 bits per heavy atom. The molecule has 2 aromatic heterocycles. The van der Waals surface area contributed by atoms with Crippen LogP contribution in [0.2, 0.25) is 0 Å². The highest BCUT2D eigenvalue weighted by Gasteiger charge is 2.41. The van der Waals surface area contributed by atoms with Crippen molar-refractivity contribution in [3.8, 4) is 0 Å². The van der Waals surface area contributed by atoms with Crippen LogP contribution in [0.25, 0.3) is 11.0 Å². The molecule has 144 valence electrons. The van der Waals surface area contributed by atoms with Gasteiger partial charge in [-0.25, -0.2) is 19.9 Å². The van der Waals surface area contributed by atoms with E-state index in [1.54, 1.807) is 6.33 Å². The molecule has 4 heterocycles. The predicted octanol–water partition coefficient (Wildman–Crippen LogP) is 3.42. The van der Waals surface area contributed by atoms with Crippen LogP contribution >= 0.6 is 0 Å². The molecule has 3 aromatic rings. The van der Waals surface area contributed by atoms with Crippen molar-refractivity contribution in [3.05, 3.63) is 48.0 Å². The number of rotatable bonds is 3. The summed E-state index contributed by atoms with van der Waals surface area (Å²) in [6.45, 7) is 10.6. The number of nitrogens with zero attached hydrogens (tertiary/aromatic N) is 6. The van der Waals surface area contributed by atoms with Crippen LogP contribution in [0.4, 0.5) is 11.6 Å². The quantitative estimate of drug-likeness (QED) is 0.700. The summed E-state index contributed by atoms with van der Waals surface area (Å²) in [6.07, 6.45) is 1.71. The summed E-state index contributed by atoms with van der Waals surface area (Å²) in [4.78, 5) is 23.5. The Morgan fingerprint density at radius 3 is 2.21 bits per heavy atom. The molecule has 2 unspecified atom stereocenters. The van der Waals surface area contributed by atoms with E-state index in [4.69, 9.17) is 9.97 Å². The second-order valence-electron chi connectivity index (χ2n) is 8.41. The standard InChI is InChI=1S/C22H26N6/c1-14(2)20-8-21(24-13-23-20)27-9-16-11-28(12-17(16)10-27)22-15(3)25-18-6-4-5-7-19(18)26-22/h4-8,13-14,16-17H,9-12H2,1-3H3. The van der Waals surface area contributed by atoms with Gasteiger partial charge in [-0.1, -0.05) is 26.0 Å². The second-order valence-corrected chi connectivity index (χ2v) is 8.41. The molecule has 2 atom stereocenters. The van der Waals surface area contributed by atoms with Crippen molar-refractivity contribution < 1.29 is 0 Å². The molecule has 1 aromatic carbocycles. The first-order valence-electron chi connectivity index (χ1n) is 10.1. The lowest BCUT2D eigenvalue weighted by Gasteiger charge is -2.24. The third-order valence-electron chi connectivity index (χ3n) is 6.09. The molecule has 0 N–H and O–H groups in total. The van der Waals surface area contributed by atoms with Crippen LogP contribution in [0.1, 0.15) is 31.2 Å².